The van der Waals surface area contributed by atoms with Gasteiger partial charge in [-0.3, -0.25) is 0 Å². The summed E-state index contributed by atoms with van der Waals surface area (Å²) in [4.78, 5) is 0. The smallest absolute Gasteiger partial charge is 0.130 e. The fourth-order valence-corrected chi connectivity index (χ4v) is 2.42. The van der Waals surface area contributed by atoms with E-state index in [1.54, 1.807) is 6.07 Å². The second kappa shape index (κ2) is 3.41. The number of nitrogens with one attached hydrogen (secondary N) is 1. The number of rotatable bonds is 0. The number of phenolic OH excluding ortho intramolecular Hbond substituents is 1. The first kappa shape index (κ1) is 10.8. The molecule has 0 saturated heterocycles. The van der Waals surface area contributed by atoms with E-state index < -0.39 is 0 Å². The topological polar surface area (TPSA) is 32.3 Å². The minimum atomic E-state index is 0.230. The molecule has 1 aromatic rings. The first-order valence-electron chi connectivity index (χ1n) is 5.16. The van der Waals surface area contributed by atoms with Crippen molar-refractivity contribution in [3.63, 3.8) is 0 Å². The van der Waals surface area contributed by atoms with E-state index in [0.29, 0.717) is 11.8 Å². The van der Waals surface area contributed by atoms with Crippen molar-refractivity contribution in [3.8, 4) is 5.75 Å². The molecule has 3 heteroatoms. The molecule has 2 N–H and O–H groups in total. The average Bonchev–Trinajstić information content (AvgIpc) is 2.55. The van der Waals surface area contributed by atoms with Crippen molar-refractivity contribution in [2.45, 2.75) is 33.2 Å². The molecule has 2 nitrogen and oxygen atoms in total. The maximum Gasteiger partial charge on any atom is 0.130 e. The first-order chi connectivity index (χ1) is 6.89. The highest BCUT2D eigenvalue weighted by atomic mass is 79.9. The summed E-state index contributed by atoms with van der Waals surface area (Å²) < 4.78 is 0.833. The Morgan fingerprint density at radius 3 is 2.67 bits per heavy atom. The van der Waals surface area contributed by atoms with Crippen LogP contribution in [-0.2, 0) is 6.42 Å². The molecular formula is C12H16BrNO. The Labute approximate surface area is 98.8 Å². The third-order valence-electron chi connectivity index (χ3n) is 3.01. The van der Waals surface area contributed by atoms with Crippen molar-refractivity contribution in [2.75, 3.05) is 5.32 Å². The van der Waals surface area contributed by atoms with Gasteiger partial charge in [-0.1, -0.05) is 20.8 Å². The molecule has 1 aliphatic rings. The summed E-state index contributed by atoms with van der Waals surface area (Å²) in [5, 5.41) is 13.1. The summed E-state index contributed by atoms with van der Waals surface area (Å²) in [6.45, 7) is 6.68. The SMILES string of the molecule is CC(C)(C)C1Cc2c(ccc(O)c2Br)N1. The normalized spacial score (nSPS) is 19.9. The van der Waals surface area contributed by atoms with Gasteiger partial charge in [-0.2, -0.15) is 0 Å². The van der Waals surface area contributed by atoms with Gasteiger partial charge in [0.1, 0.15) is 5.75 Å². The molecule has 0 saturated carbocycles. The molecule has 1 atom stereocenters. The number of hydrogen-bond donors (Lipinski definition) is 2. The molecule has 0 bridgehead atoms. The zero-order valence-electron chi connectivity index (χ0n) is 9.26. The molecule has 2 rings (SSSR count). The Morgan fingerprint density at radius 1 is 1.40 bits per heavy atom. The lowest BCUT2D eigenvalue weighted by atomic mass is 9.85. The summed E-state index contributed by atoms with van der Waals surface area (Å²) >= 11 is 3.44. The predicted octanol–water partition coefficient (Wildman–Crippen LogP) is 3.54. The average molecular weight is 270 g/mol. The minimum absolute atomic E-state index is 0.230. The number of fused-ring (bicyclic) bond motifs is 1. The van der Waals surface area contributed by atoms with Crippen LogP contribution in [0, 0.1) is 5.41 Å². The number of hydrogen-bond acceptors (Lipinski definition) is 2. The number of phenols is 1. The Morgan fingerprint density at radius 2 is 2.07 bits per heavy atom. The van der Waals surface area contributed by atoms with Gasteiger partial charge in [-0.15, -0.1) is 0 Å². The monoisotopic (exact) mass is 269 g/mol. The maximum atomic E-state index is 9.60. The van der Waals surface area contributed by atoms with E-state index in [-0.39, 0.29) is 5.41 Å². The van der Waals surface area contributed by atoms with Crippen LogP contribution in [0.5, 0.6) is 5.75 Å². The Balaban J connectivity index is 2.36. The molecule has 1 unspecified atom stereocenters. The van der Waals surface area contributed by atoms with Crippen LogP contribution in [0.15, 0.2) is 16.6 Å². The van der Waals surface area contributed by atoms with Crippen LogP contribution in [0.1, 0.15) is 26.3 Å². The lowest BCUT2D eigenvalue weighted by Crippen LogP contribution is -2.31. The third kappa shape index (κ3) is 1.85. The summed E-state index contributed by atoms with van der Waals surface area (Å²) in [6.07, 6.45) is 0.966. The van der Waals surface area contributed by atoms with Gasteiger partial charge in [0, 0.05) is 11.7 Å². The second-order valence-corrected chi connectivity index (χ2v) is 5.98. The van der Waals surface area contributed by atoms with Gasteiger partial charge in [0.05, 0.1) is 4.47 Å². The summed E-state index contributed by atoms with van der Waals surface area (Å²) in [5.74, 6) is 0.324. The molecule has 0 amide bonds. The molecule has 0 aromatic heterocycles. The van der Waals surface area contributed by atoms with Crippen LogP contribution in [0.2, 0.25) is 0 Å². The lowest BCUT2D eigenvalue weighted by Gasteiger charge is -2.27. The summed E-state index contributed by atoms with van der Waals surface area (Å²) in [7, 11) is 0. The molecule has 1 aromatic carbocycles. The highest BCUT2D eigenvalue weighted by Gasteiger charge is 2.32. The highest BCUT2D eigenvalue weighted by molar-refractivity contribution is 9.10. The summed E-state index contributed by atoms with van der Waals surface area (Å²) in [6, 6.07) is 4.10. The van der Waals surface area contributed by atoms with E-state index in [4.69, 9.17) is 0 Å². The Kier molecular flexibility index (Phi) is 2.45. The zero-order chi connectivity index (χ0) is 11.2. The number of aromatic hydroxyl groups is 1. The van der Waals surface area contributed by atoms with Crippen LogP contribution in [0.25, 0.3) is 0 Å². The largest absolute Gasteiger partial charge is 0.507 e. The lowest BCUT2D eigenvalue weighted by molar-refractivity contribution is 0.347. The van der Waals surface area contributed by atoms with Gasteiger partial charge < -0.3 is 10.4 Å². The molecule has 1 aliphatic heterocycles. The van der Waals surface area contributed by atoms with E-state index in [1.807, 2.05) is 6.07 Å². The van der Waals surface area contributed by atoms with E-state index in [2.05, 4.69) is 42.0 Å². The molecule has 0 aliphatic carbocycles. The number of halogens is 1. The van der Waals surface area contributed by atoms with Gasteiger partial charge >= 0.3 is 0 Å². The number of anilines is 1. The maximum absolute atomic E-state index is 9.60. The van der Waals surface area contributed by atoms with E-state index in [0.717, 1.165) is 16.6 Å². The minimum Gasteiger partial charge on any atom is -0.507 e. The molecule has 0 spiro atoms. The third-order valence-corrected chi connectivity index (χ3v) is 3.89. The van der Waals surface area contributed by atoms with Crippen molar-refractivity contribution in [3.05, 3.63) is 22.2 Å². The van der Waals surface area contributed by atoms with Crippen molar-refractivity contribution < 1.29 is 5.11 Å². The van der Waals surface area contributed by atoms with Crippen molar-refractivity contribution in [2.24, 2.45) is 5.41 Å². The molecule has 0 radical (unpaired) electrons. The van der Waals surface area contributed by atoms with Gasteiger partial charge in [-0.05, 0) is 45.5 Å². The zero-order valence-corrected chi connectivity index (χ0v) is 10.9. The molecule has 15 heavy (non-hydrogen) atoms. The Hall–Kier alpha value is -0.700. The Bertz CT molecular complexity index is 395. The van der Waals surface area contributed by atoms with Crippen molar-refractivity contribution >= 4 is 21.6 Å². The van der Waals surface area contributed by atoms with Gasteiger partial charge in [-0.25, -0.2) is 0 Å². The van der Waals surface area contributed by atoms with Crippen molar-refractivity contribution in [1.29, 1.82) is 0 Å². The van der Waals surface area contributed by atoms with Gasteiger partial charge in [0.15, 0.2) is 0 Å². The highest BCUT2D eigenvalue weighted by Crippen LogP contribution is 2.41. The molecule has 82 valence electrons. The molecular weight excluding hydrogens is 254 g/mol. The summed E-state index contributed by atoms with van der Waals surface area (Å²) in [5.41, 5.74) is 2.56. The van der Waals surface area contributed by atoms with E-state index >= 15 is 0 Å². The quantitative estimate of drug-likeness (QED) is 0.707. The second-order valence-electron chi connectivity index (χ2n) is 5.19. The van der Waals surface area contributed by atoms with E-state index in [9.17, 15) is 5.11 Å². The van der Waals surface area contributed by atoms with Crippen LogP contribution in [0.4, 0.5) is 5.69 Å². The van der Waals surface area contributed by atoms with Crippen LogP contribution >= 0.6 is 15.9 Å². The first-order valence-corrected chi connectivity index (χ1v) is 5.96. The predicted molar refractivity (Wildman–Crippen MR) is 66.4 cm³/mol. The van der Waals surface area contributed by atoms with Gasteiger partial charge in [0.2, 0.25) is 0 Å². The van der Waals surface area contributed by atoms with E-state index in [1.165, 1.54) is 5.56 Å². The van der Waals surface area contributed by atoms with Crippen LogP contribution in [-0.4, -0.2) is 11.1 Å². The fourth-order valence-electron chi connectivity index (χ4n) is 1.91. The van der Waals surface area contributed by atoms with Gasteiger partial charge in [0.25, 0.3) is 0 Å². The van der Waals surface area contributed by atoms with Crippen molar-refractivity contribution in [1.82, 2.24) is 0 Å². The molecule has 1 heterocycles. The molecule has 0 fully saturated rings. The van der Waals surface area contributed by atoms with Crippen LogP contribution in [0.3, 0.4) is 0 Å². The fraction of sp³-hybridized carbons (Fsp3) is 0.500. The standard InChI is InChI=1S/C12H16BrNO/c1-12(2,3)10-6-7-8(14-10)4-5-9(15)11(7)13/h4-5,10,14-15H,6H2,1-3H3. The number of benzene rings is 1. The van der Waals surface area contributed by atoms with Crippen LogP contribution < -0.4 is 5.32 Å².